The summed E-state index contributed by atoms with van der Waals surface area (Å²) in [6.07, 6.45) is 41.1. The Hall–Kier alpha value is -11.5. The van der Waals surface area contributed by atoms with E-state index in [1.165, 1.54) is 231 Å². The largest absolute Gasteiger partial charge is 0.340 e. The molecule has 0 saturated heterocycles. The van der Waals surface area contributed by atoms with Crippen molar-refractivity contribution in [3.63, 3.8) is 0 Å². The maximum atomic E-state index is 4.93. The molecular formula is C132H132Ir4N8-4. The molecule has 4 aromatic heterocycles. The molecule has 144 heavy (non-hydrogen) atoms. The van der Waals surface area contributed by atoms with Gasteiger partial charge >= 0.3 is 0 Å². The molecule has 4 aliphatic rings. The van der Waals surface area contributed by atoms with Crippen LogP contribution in [-0.2, 0) is 106 Å². The fourth-order valence-electron chi connectivity index (χ4n) is 22.9. The standard InChI is InChI=1S/C37H35N2.C35H35N2.C31H31N2.C29H31N2.4Ir/c1-4-14-27(15-5-1)32-26-33(28-16-6-2-7-17-28)35(30-20-12-13-21-30)36(34(32)29-18-10-11-19-29)39-25-24-38-37(39)31-22-8-3-9-23-31;1-25(2)22-32-30(27-14-8-5-9-15-27)24-31(28-16-10-6-11-17-28)33(23-26(3)4)34(32)37-21-20-36-35(37)29-18-12-7-13-19-29;1-3-11-23(12-4-1)27-19-20-28(24-13-7-8-14-24)30(29(27)25-15-9-10-16-25)33-22-21-32-31(33)26-17-5-2-6-18-26;1-21(2)19-25-15-16-26(23-11-7-5-8-12-23)27(20-22(3)4)28(25)31-18-17-30-29(31)24-13-9-6-10-14-24;;;;/h1-9,14-17,22,24-26,29-30H,10-13,18-21H2;5-18,20-21,24-26H,22-23H2,1-4H3;1-6,11-12,17,19-22,24-25H,7-10,13-16H2;5-13,15-18,21-22H,19-20H2,1-4H3;;;;/q4*-1;;;;. The van der Waals surface area contributed by atoms with Crippen molar-refractivity contribution in [2.24, 2.45) is 23.7 Å². The number of rotatable bonds is 26. The fraction of sp³-hybridized carbons (Fsp3) is 0.273. The van der Waals surface area contributed by atoms with Crippen LogP contribution in [0.25, 0.3) is 135 Å². The first-order valence-corrected chi connectivity index (χ1v) is 51.9. The number of benzene rings is 14. The molecule has 0 unspecified atom stereocenters. The Morgan fingerprint density at radius 1 is 0.243 bits per heavy atom. The molecule has 0 amide bonds. The molecule has 0 spiro atoms. The van der Waals surface area contributed by atoms with Gasteiger partial charge in [-0.3, -0.25) is 19.9 Å². The predicted molar refractivity (Wildman–Crippen MR) is 583 cm³/mol. The van der Waals surface area contributed by atoms with E-state index in [4.69, 9.17) is 19.9 Å². The van der Waals surface area contributed by atoms with Crippen LogP contribution in [0.1, 0.15) is 226 Å². The first kappa shape index (κ1) is 107. The third-order valence-electron chi connectivity index (χ3n) is 28.9. The van der Waals surface area contributed by atoms with E-state index in [1.807, 2.05) is 73.3 Å². The quantitative estimate of drug-likeness (QED) is 0.0507. The van der Waals surface area contributed by atoms with Crippen molar-refractivity contribution in [1.82, 2.24) is 38.2 Å². The average Bonchev–Trinajstić information content (AvgIpc) is 1.40. The Morgan fingerprint density at radius 2 is 0.500 bits per heavy atom. The molecule has 4 saturated carbocycles. The number of nitrogens with zero attached hydrogens (tertiary/aromatic N) is 8. The molecule has 22 rings (SSSR count). The van der Waals surface area contributed by atoms with Crippen LogP contribution in [0, 0.1) is 47.9 Å². The van der Waals surface area contributed by atoms with Crippen LogP contribution in [0.2, 0.25) is 0 Å². The Morgan fingerprint density at radius 3 is 0.819 bits per heavy atom. The minimum Gasteiger partial charge on any atom is -0.340 e. The molecule has 4 aliphatic carbocycles. The van der Waals surface area contributed by atoms with E-state index in [0.29, 0.717) is 47.3 Å². The van der Waals surface area contributed by atoms with Crippen LogP contribution in [0.15, 0.2) is 365 Å². The van der Waals surface area contributed by atoms with Crippen LogP contribution in [0.3, 0.4) is 0 Å². The van der Waals surface area contributed by atoms with Crippen LogP contribution < -0.4 is 0 Å². The van der Waals surface area contributed by atoms with Gasteiger partial charge in [-0.15, -0.1) is 144 Å². The number of imidazole rings is 4. The smallest absolute Gasteiger partial charge is 0.0602 e. The fourth-order valence-corrected chi connectivity index (χ4v) is 22.9. The predicted octanol–water partition coefficient (Wildman–Crippen LogP) is 34.8. The van der Waals surface area contributed by atoms with Crippen molar-refractivity contribution < 1.29 is 80.4 Å². The van der Waals surface area contributed by atoms with Gasteiger partial charge in [0.25, 0.3) is 0 Å². The summed E-state index contributed by atoms with van der Waals surface area (Å²) in [5.41, 5.74) is 36.9. The minimum atomic E-state index is 0. The van der Waals surface area contributed by atoms with Gasteiger partial charge in [0.15, 0.2) is 0 Å². The van der Waals surface area contributed by atoms with Crippen molar-refractivity contribution in [3.8, 4) is 135 Å². The van der Waals surface area contributed by atoms with Gasteiger partial charge in [-0.05, 0) is 248 Å². The Kier molecular flexibility index (Phi) is 38.2. The third-order valence-corrected chi connectivity index (χ3v) is 28.9. The molecular weight excluding hydrogens is 2470 g/mol. The molecule has 4 heterocycles. The van der Waals surface area contributed by atoms with Gasteiger partial charge < -0.3 is 18.3 Å². The van der Waals surface area contributed by atoms with Gasteiger partial charge in [-0.2, -0.15) is 0 Å². The summed E-state index contributed by atoms with van der Waals surface area (Å²) < 4.78 is 9.42. The van der Waals surface area contributed by atoms with Crippen LogP contribution in [0.4, 0.5) is 0 Å². The van der Waals surface area contributed by atoms with Gasteiger partial charge in [0.05, 0.1) is 23.3 Å². The Bertz CT molecular complexity index is 6890. The van der Waals surface area contributed by atoms with E-state index in [9.17, 15) is 0 Å². The first-order valence-electron chi connectivity index (χ1n) is 51.9. The Balaban J connectivity index is 0.000000144. The van der Waals surface area contributed by atoms with Crippen molar-refractivity contribution in [2.75, 3.05) is 0 Å². The first-order chi connectivity index (χ1) is 68.8. The van der Waals surface area contributed by atoms with Crippen molar-refractivity contribution >= 4 is 0 Å². The number of aromatic nitrogens is 8. The summed E-state index contributed by atoms with van der Waals surface area (Å²) >= 11 is 0. The second-order valence-electron chi connectivity index (χ2n) is 40.6. The molecule has 12 heteroatoms. The monoisotopic (exact) mass is 2600 g/mol. The molecule has 4 fully saturated rings. The topological polar surface area (TPSA) is 71.3 Å². The van der Waals surface area contributed by atoms with Crippen molar-refractivity contribution in [2.45, 2.75) is 207 Å². The molecule has 18 aromatic rings. The van der Waals surface area contributed by atoms with Crippen LogP contribution in [0.5, 0.6) is 0 Å². The van der Waals surface area contributed by atoms with Crippen LogP contribution in [-0.4, -0.2) is 38.2 Å². The maximum absolute atomic E-state index is 4.93. The normalized spacial score (nSPS) is 13.7. The number of hydrogen-bond acceptors (Lipinski definition) is 4. The average molecular weight is 2600 g/mol. The maximum Gasteiger partial charge on any atom is 0.0602 e. The van der Waals surface area contributed by atoms with E-state index in [1.54, 1.807) is 5.56 Å². The zero-order valence-corrected chi connectivity index (χ0v) is 93.9. The number of hydrogen-bond donors (Lipinski definition) is 0. The molecule has 0 N–H and O–H groups in total. The summed E-state index contributed by atoms with van der Waals surface area (Å²) in [6.45, 7) is 18.4. The Labute approximate surface area is 910 Å². The second kappa shape index (κ2) is 51.5. The zero-order valence-electron chi connectivity index (χ0n) is 84.3. The van der Waals surface area contributed by atoms with E-state index in [0.717, 1.165) is 71.2 Å². The molecule has 0 bridgehead atoms. The molecule has 0 aliphatic heterocycles. The summed E-state index contributed by atoms with van der Waals surface area (Å²) in [6, 6.07) is 126. The van der Waals surface area contributed by atoms with E-state index in [2.05, 4.69) is 390 Å². The van der Waals surface area contributed by atoms with Crippen LogP contribution >= 0.6 is 0 Å². The molecule has 14 aromatic carbocycles. The van der Waals surface area contributed by atoms with E-state index in [-0.39, 0.29) is 80.4 Å². The van der Waals surface area contributed by atoms with Gasteiger partial charge in [0, 0.05) is 153 Å². The summed E-state index contributed by atoms with van der Waals surface area (Å²) in [4.78, 5) is 19.3. The molecule has 4 radical (unpaired) electrons. The van der Waals surface area contributed by atoms with Gasteiger partial charge in [0.2, 0.25) is 0 Å². The molecule has 740 valence electrons. The summed E-state index contributed by atoms with van der Waals surface area (Å²) in [5, 5.41) is 0. The van der Waals surface area contributed by atoms with Gasteiger partial charge in [-0.25, -0.2) is 0 Å². The van der Waals surface area contributed by atoms with E-state index >= 15 is 0 Å². The second-order valence-corrected chi connectivity index (χ2v) is 40.6. The van der Waals surface area contributed by atoms with E-state index < -0.39 is 0 Å². The summed E-state index contributed by atoms with van der Waals surface area (Å²) in [5.74, 6) is 8.33. The van der Waals surface area contributed by atoms with Crippen molar-refractivity contribution in [3.05, 3.63) is 434 Å². The summed E-state index contributed by atoms with van der Waals surface area (Å²) in [7, 11) is 0. The van der Waals surface area contributed by atoms with Gasteiger partial charge in [-0.1, -0.05) is 313 Å². The van der Waals surface area contributed by atoms with Gasteiger partial charge in [0.1, 0.15) is 0 Å². The zero-order chi connectivity index (χ0) is 95.6. The van der Waals surface area contributed by atoms with Crippen molar-refractivity contribution in [1.29, 1.82) is 0 Å². The third kappa shape index (κ3) is 24.6. The molecule has 8 nitrogen and oxygen atoms in total. The minimum absolute atomic E-state index is 0. The SMILES string of the molecule is CC(C)Cc1c(-c2ccccc2)cc(-c2ccccc2)c(CC(C)C)c1-n1ccnc1-c1[c-]cccc1.CC(C)Cc1ccc(-c2ccccc2)c(CC(C)C)c1-n1ccnc1-c1[c-]cccc1.[Ir].[Ir].[Ir].[Ir].[c-]1ccccc1-c1nccn1-c1c(C2CCCC2)c(-c2ccccc2)cc(-c2ccccc2)c1C1CCCC1.[c-]1ccccc1-c1nccn1-c1c(C2CCCC2)ccc(-c2ccccc2)c1C1CCCC1. The molecule has 0 atom stereocenters.